The van der Waals surface area contributed by atoms with E-state index in [1.807, 2.05) is 0 Å². The average molecular weight is 306 g/mol. The summed E-state index contributed by atoms with van der Waals surface area (Å²) in [4.78, 5) is 0. The van der Waals surface area contributed by atoms with Crippen LogP contribution >= 0.6 is 15.9 Å². The molecule has 1 nitrogen and oxygen atoms in total. The zero-order valence-electron chi connectivity index (χ0n) is 11.0. The van der Waals surface area contributed by atoms with Crippen molar-refractivity contribution >= 4 is 26.7 Å². The minimum atomic E-state index is 0.123. The first-order valence-electron chi connectivity index (χ1n) is 6.56. The van der Waals surface area contributed by atoms with Crippen molar-refractivity contribution in [3.63, 3.8) is 0 Å². The number of fused-ring (bicyclic) bond motifs is 1. The molecule has 0 amide bonds. The van der Waals surface area contributed by atoms with Crippen molar-refractivity contribution < 1.29 is 0 Å². The third kappa shape index (κ3) is 2.76. The van der Waals surface area contributed by atoms with Crippen LogP contribution in [0.5, 0.6) is 0 Å². The van der Waals surface area contributed by atoms with Gasteiger partial charge in [-0.25, -0.2) is 0 Å². The SMILES string of the molecule is CCC(C)CC(N)c1ccc(Br)c2ccccc12. The number of benzene rings is 2. The molecule has 2 atom stereocenters. The molecule has 0 aliphatic rings. The highest BCUT2D eigenvalue weighted by atomic mass is 79.9. The van der Waals surface area contributed by atoms with Gasteiger partial charge in [-0.3, -0.25) is 0 Å². The van der Waals surface area contributed by atoms with Crippen molar-refractivity contribution in [2.45, 2.75) is 32.7 Å². The van der Waals surface area contributed by atoms with Crippen LogP contribution in [0.4, 0.5) is 0 Å². The summed E-state index contributed by atoms with van der Waals surface area (Å²) in [6.07, 6.45) is 2.23. The average Bonchev–Trinajstić information content (AvgIpc) is 2.39. The summed E-state index contributed by atoms with van der Waals surface area (Å²) < 4.78 is 1.14. The van der Waals surface area contributed by atoms with Crippen LogP contribution in [0, 0.1) is 5.92 Å². The molecular formula is C16H20BrN. The highest BCUT2D eigenvalue weighted by molar-refractivity contribution is 9.10. The minimum Gasteiger partial charge on any atom is -0.324 e. The van der Waals surface area contributed by atoms with Crippen LogP contribution in [0.1, 0.15) is 38.3 Å². The Labute approximate surface area is 118 Å². The van der Waals surface area contributed by atoms with E-state index in [1.54, 1.807) is 0 Å². The number of nitrogens with two attached hydrogens (primary N) is 1. The molecule has 2 aromatic rings. The molecule has 0 aliphatic carbocycles. The van der Waals surface area contributed by atoms with Gasteiger partial charge in [0, 0.05) is 10.5 Å². The van der Waals surface area contributed by atoms with Crippen molar-refractivity contribution in [2.75, 3.05) is 0 Å². The number of hydrogen-bond donors (Lipinski definition) is 1. The number of halogens is 1. The lowest BCUT2D eigenvalue weighted by Crippen LogP contribution is -2.14. The first-order chi connectivity index (χ1) is 8.63. The Balaban J connectivity index is 2.42. The minimum absolute atomic E-state index is 0.123. The molecule has 96 valence electrons. The van der Waals surface area contributed by atoms with Crippen LogP contribution in [0.3, 0.4) is 0 Å². The predicted molar refractivity (Wildman–Crippen MR) is 82.6 cm³/mol. The maximum atomic E-state index is 6.37. The van der Waals surface area contributed by atoms with Crippen LogP contribution in [0.15, 0.2) is 40.9 Å². The maximum Gasteiger partial charge on any atom is 0.0303 e. The Kier molecular flexibility index (Phi) is 4.41. The normalized spacial score (nSPS) is 14.7. The summed E-state index contributed by atoms with van der Waals surface area (Å²) in [7, 11) is 0. The molecule has 0 heterocycles. The Morgan fingerprint density at radius 2 is 1.78 bits per heavy atom. The van der Waals surface area contributed by atoms with E-state index >= 15 is 0 Å². The van der Waals surface area contributed by atoms with E-state index in [0.29, 0.717) is 5.92 Å². The molecule has 18 heavy (non-hydrogen) atoms. The van der Waals surface area contributed by atoms with Crippen molar-refractivity contribution in [2.24, 2.45) is 11.7 Å². The van der Waals surface area contributed by atoms with E-state index in [-0.39, 0.29) is 6.04 Å². The van der Waals surface area contributed by atoms with E-state index in [2.05, 4.69) is 66.2 Å². The van der Waals surface area contributed by atoms with E-state index in [0.717, 1.165) is 10.9 Å². The van der Waals surface area contributed by atoms with Crippen molar-refractivity contribution in [1.82, 2.24) is 0 Å². The van der Waals surface area contributed by atoms with E-state index < -0.39 is 0 Å². The summed E-state index contributed by atoms with van der Waals surface area (Å²) in [6.45, 7) is 4.48. The van der Waals surface area contributed by atoms with Crippen molar-refractivity contribution in [1.29, 1.82) is 0 Å². The summed E-state index contributed by atoms with van der Waals surface area (Å²) in [5.41, 5.74) is 7.63. The lowest BCUT2D eigenvalue weighted by atomic mass is 9.92. The Morgan fingerprint density at radius 1 is 1.11 bits per heavy atom. The summed E-state index contributed by atoms with van der Waals surface area (Å²) in [5.74, 6) is 0.669. The van der Waals surface area contributed by atoms with Gasteiger partial charge >= 0.3 is 0 Å². The third-order valence-electron chi connectivity index (χ3n) is 3.66. The van der Waals surface area contributed by atoms with Gasteiger partial charge in [0.15, 0.2) is 0 Å². The largest absolute Gasteiger partial charge is 0.324 e. The molecular weight excluding hydrogens is 286 g/mol. The van der Waals surface area contributed by atoms with Gasteiger partial charge in [-0.05, 0) is 34.7 Å². The van der Waals surface area contributed by atoms with Gasteiger partial charge in [0.25, 0.3) is 0 Å². The third-order valence-corrected chi connectivity index (χ3v) is 4.35. The lowest BCUT2D eigenvalue weighted by Gasteiger charge is -2.18. The summed E-state index contributed by atoms with van der Waals surface area (Å²) >= 11 is 3.60. The number of hydrogen-bond acceptors (Lipinski definition) is 1. The first kappa shape index (κ1) is 13.6. The van der Waals surface area contributed by atoms with Gasteiger partial charge in [-0.2, -0.15) is 0 Å². The smallest absolute Gasteiger partial charge is 0.0303 e. The van der Waals surface area contributed by atoms with Gasteiger partial charge in [-0.15, -0.1) is 0 Å². The molecule has 2 N–H and O–H groups in total. The Bertz CT molecular complexity index is 536. The fourth-order valence-electron chi connectivity index (χ4n) is 2.34. The molecule has 0 bridgehead atoms. The molecule has 0 saturated carbocycles. The van der Waals surface area contributed by atoms with Crippen molar-refractivity contribution in [3.05, 3.63) is 46.4 Å². The van der Waals surface area contributed by atoms with Gasteiger partial charge in [-0.1, -0.05) is 66.5 Å². The van der Waals surface area contributed by atoms with E-state index in [1.165, 1.54) is 22.8 Å². The predicted octanol–water partition coefficient (Wildman–Crippen LogP) is 5.04. The van der Waals surface area contributed by atoms with Crippen LogP contribution in [-0.2, 0) is 0 Å². The summed E-state index contributed by atoms with van der Waals surface area (Å²) in [5, 5.41) is 2.51. The van der Waals surface area contributed by atoms with Crippen LogP contribution in [0.2, 0.25) is 0 Å². The van der Waals surface area contributed by atoms with Crippen molar-refractivity contribution in [3.8, 4) is 0 Å². The fraction of sp³-hybridized carbons (Fsp3) is 0.375. The van der Waals surface area contributed by atoms with Crippen LogP contribution in [-0.4, -0.2) is 0 Å². The Hall–Kier alpha value is -0.860. The Morgan fingerprint density at radius 3 is 2.44 bits per heavy atom. The quantitative estimate of drug-likeness (QED) is 0.841. The topological polar surface area (TPSA) is 26.0 Å². The van der Waals surface area contributed by atoms with Crippen LogP contribution < -0.4 is 5.73 Å². The van der Waals surface area contributed by atoms with Gasteiger partial charge < -0.3 is 5.73 Å². The molecule has 2 unspecified atom stereocenters. The second-order valence-electron chi connectivity index (χ2n) is 5.04. The van der Waals surface area contributed by atoms with E-state index in [9.17, 15) is 0 Å². The molecule has 2 heteroatoms. The van der Waals surface area contributed by atoms with E-state index in [4.69, 9.17) is 5.73 Å². The molecule has 0 aromatic heterocycles. The fourth-order valence-corrected chi connectivity index (χ4v) is 2.81. The van der Waals surface area contributed by atoms with Crippen LogP contribution in [0.25, 0.3) is 10.8 Å². The summed E-state index contributed by atoms with van der Waals surface area (Å²) in [6, 6.07) is 12.8. The number of rotatable bonds is 4. The van der Waals surface area contributed by atoms with Gasteiger partial charge in [0.05, 0.1) is 0 Å². The standard InChI is InChI=1S/C16H20BrN/c1-3-11(2)10-16(18)14-8-9-15(17)13-7-5-4-6-12(13)14/h4-9,11,16H,3,10,18H2,1-2H3. The zero-order valence-corrected chi connectivity index (χ0v) is 12.6. The second-order valence-corrected chi connectivity index (χ2v) is 5.89. The van der Waals surface area contributed by atoms with Gasteiger partial charge in [0.1, 0.15) is 0 Å². The highest BCUT2D eigenvalue weighted by Crippen LogP contribution is 2.31. The molecule has 0 aliphatic heterocycles. The zero-order chi connectivity index (χ0) is 13.1. The first-order valence-corrected chi connectivity index (χ1v) is 7.35. The molecule has 0 fully saturated rings. The molecule has 0 saturated heterocycles. The monoisotopic (exact) mass is 305 g/mol. The highest BCUT2D eigenvalue weighted by Gasteiger charge is 2.13. The molecule has 2 aromatic carbocycles. The molecule has 0 radical (unpaired) electrons. The molecule has 2 rings (SSSR count). The lowest BCUT2D eigenvalue weighted by molar-refractivity contribution is 0.463. The second kappa shape index (κ2) is 5.85. The molecule has 0 spiro atoms. The van der Waals surface area contributed by atoms with Gasteiger partial charge in [0.2, 0.25) is 0 Å². The maximum absolute atomic E-state index is 6.37.